The van der Waals surface area contributed by atoms with E-state index >= 15 is 0 Å². The molecule has 60 valence electrons. The Hall–Kier alpha value is -0.660. The van der Waals surface area contributed by atoms with Gasteiger partial charge in [-0.2, -0.15) is 8.42 Å². The lowest BCUT2D eigenvalue weighted by Crippen LogP contribution is -2.04. The van der Waals surface area contributed by atoms with Crippen molar-refractivity contribution < 1.29 is 17.5 Å². The second-order valence-corrected chi connectivity index (χ2v) is 2.33. The van der Waals surface area contributed by atoms with E-state index in [0.29, 0.717) is 0 Å². The van der Waals surface area contributed by atoms with E-state index in [2.05, 4.69) is 10.3 Å². The molecule has 1 heterocycles. The van der Waals surface area contributed by atoms with Crippen LogP contribution < -0.4 is 5.32 Å². The quantitative estimate of drug-likeness (QED) is 0.401. The minimum absolute atomic E-state index is 0.958. The summed E-state index contributed by atoms with van der Waals surface area (Å²) in [5.74, 6) is 0. The third-order valence-corrected chi connectivity index (χ3v) is 0.568. The number of hydrogen-bond acceptors (Lipinski definition) is 4. The van der Waals surface area contributed by atoms with E-state index in [0.717, 1.165) is 13.1 Å². The maximum atomic E-state index is 8.74. The Morgan fingerprint density at radius 1 is 1.50 bits per heavy atom. The fraction of sp³-hybridized carbons (Fsp3) is 0.667. The van der Waals surface area contributed by atoms with Gasteiger partial charge in [-0.25, -0.2) is 0 Å². The van der Waals surface area contributed by atoms with Gasteiger partial charge in [-0.3, -0.25) is 14.1 Å². The molecule has 1 aliphatic heterocycles. The molecule has 1 rings (SSSR count). The van der Waals surface area contributed by atoms with Gasteiger partial charge in [-0.15, -0.1) is 0 Å². The highest BCUT2D eigenvalue weighted by Gasteiger charge is 1.84. The summed E-state index contributed by atoms with van der Waals surface area (Å²) < 4.78 is 31.6. The molecule has 0 saturated heterocycles. The molecule has 0 bridgehead atoms. The Morgan fingerprint density at radius 3 is 2.10 bits per heavy atom. The van der Waals surface area contributed by atoms with Gasteiger partial charge in [0.2, 0.25) is 0 Å². The Morgan fingerprint density at radius 2 is 2.00 bits per heavy atom. The zero-order valence-corrected chi connectivity index (χ0v) is 5.87. The van der Waals surface area contributed by atoms with E-state index in [-0.39, 0.29) is 0 Å². The molecule has 3 N–H and O–H groups in total. The third-order valence-electron chi connectivity index (χ3n) is 0.568. The highest BCUT2D eigenvalue weighted by atomic mass is 32.3. The van der Waals surface area contributed by atoms with E-state index < -0.39 is 10.4 Å². The summed E-state index contributed by atoms with van der Waals surface area (Å²) >= 11 is 0. The summed E-state index contributed by atoms with van der Waals surface area (Å²) in [5, 5.41) is 2.93. The molecule has 0 saturated carbocycles. The van der Waals surface area contributed by atoms with Crippen molar-refractivity contribution in [2.45, 2.75) is 0 Å². The molecule has 0 unspecified atom stereocenters. The van der Waals surface area contributed by atoms with Gasteiger partial charge >= 0.3 is 10.4 Å². The topological polar surface area (TPSA) is 99.0 Å². The fourth-order valence-corrected chi connectivity index (χ4v) is 0.323. The average molecular weight is 168 g/mol. The molecule has 1 aliphatic rings. The normalized spacial score (nSPS) is 15.4. The van der Waals surface area contributed by atoms with Crippen LogP contribution >= 0.6 is 0 Å². The lowest BCUT2D eigenvalue weighted by molar-refractivity contribution is 0.381. The molecule has 0 amide bonds. The van der Waals surface area contributed by atoms with Crippen LogP contribution in [0.4, 0.5) is 0 Å². The van der Waals surface area contributed by atoms with Gasteiger partial charge < -0.3 is 5.32 Å². The van der Waals surface area contributed by atoms with Crippen LogP contribution in [-0.4, -0.2) is 37.0 Å². The minimum Gasteiger partial charge on any atom is -0.375 e. The first kappa shape index (κ1) is 9.34. The van der Waals surface area contributed by atoms with Crippen LogP contribution in [-0.2, 0) is 10.4 Å². The molecule has 6 nitrogen and oxygen atoms in total. The zero-order valence-electron chi connectivity index (χ0n) is 5.06. The Balaban J connectivity index is 0.000000162. The molecule has 0 fully saturated rings. The van der Waals surface area contributed by atoms with Gasteiger partial charge in [0.15, 0.2) is 0 Å². The number of rotatable bonds is 0. The first-order chi connectivity index (χ1) is 4.50. The molecule has 7 heteroatoms. The van der Waals surface area contributed by atoms with Crippen molar-refractivity contribution >= 4 is 16.7 Å². The maximum Gasteiger partial charge on any atom is 0.394 e. The molecular formula is C3H8N2O4S. The third kappa shape index (κ3) is 15.7. The Kier molecular flexibility index (Phi) is 3.93. The summed E-state index contributed by atoms with van der Waals surface area (Å²) in [6, 6.07) is 0. The maximum absolute atomic E-state index is 8.74. The molecule has 10 heavy (non-hydrogen) atoms. The van der Waals surface area contributed by atoms with Gasteiger partial charge in [0.1, 0.15) is 0 Å². The largest absolute Gasteiger partial charge is 0.394 e. The first-order valence-corrected chi connectivity index (χ1v) is 3.81. The highest BCUT2D eigenvalue weighted by Crippen LogP contribution is 1.68. The molecule has 0 atom stereocenters. The summed E-state index contributed by atoms with van der Waals surface area (Å²) in [6.45, 7) is 1.99. The summed E-state index contributed by atoms with van der Waals surface area (Å²) in [5.41, 5.74) is 0. The van der Waals surface area contributed by atoms with E-state index in [4.69, 9.17) is 17.5 Å². The number of nitrogens with one attached hydrogen (secondary N) is 1. The van der Waals surface area contributed by atoms with E-state index in [9.17, 15) is 0 Å². The van der Waals surface area contributed by atoms with Crippen LogP contribution in [0.5, 0.6) is 0 Å². The van der Waals surface area contributed by atoms with Crippen LogP contribution in [0.15, 0.2) is 4.99 Å². The summed E-state index contributed by atoms with van der Waals surface area (Å²) in [6.07, 6.45) is 1.74. The molecule has 0 aromatic rings. The molecule has 0 spiro atoms. The number of nitrogens with zero attached hydrogens (tertiary/aromatic N) is 1. The lowest BCUT2D eigenvalue weighted by atomic mass is 10.7. The van der Waals surface area contributed by atoms with Crippen molar-refractivity contribution in [3.8, 4) is 0 Å². The minimum atomic E-state index is -4.67. The van der Waals surface area contributed by atoms with Crippen molar-refractivity contribution in [3.63, 3.8) is 0 Å². The van der Waals surface area contributed by atoms with Crippen LogP contribution in [0.1, 0.15) is 0 Å². The zero-order chi connectivity index (χ0) is 8.04. The van der Waals surface area contributed by atoms with Crippen LogP contribution in [0, 0.1) is 0 Å². The summed E-state index contributed by atoms with van der Waals surface area (Å²) in [4.78, 5) is 3.85. The van der Waals surface area contributed by atoms with E-state index in [1.165, 1.54) is 0 Å². The second kappa shape index (κ2) is 4.20. The van der Waals surface area contributed by atoms with Gasteiger partial charge in [0.25, 0.3) is 0 Å². The van der Waals surface area contributed by atoms with Crippen molar-refractivity contribution in [2.75, 3.05) is 13.1 Å². The predicted molar refractivity (Wildman–Crippen MR) is 35.5 cm³/mol. The second-order valence-electron chi connectivity index (χ2n) is 1.44. The Bertz CT molecular complexity index is 183. The van der Waals surface area contributed by atoms with Gasteiger partial charge in [-0.1, -0.05) is 0 Å². The predicted octanol–water partition coefficient (Wildman–Crippen LogP) is -1.03. The molecule has 0 radical (unpaired) electrons. The monoisotopic (exact) mass is 168 g/mol. The highest BCUT2D eigenvalue weighted by molar-refractivity contribution is 7.79. The molecule has 0 aliphatic carbocycles. The van der Waals surface area contributed by atoms with Gasteiger partial charge in [0.05, 0.1) is 12.9 Å². The van der Waals surface area contributed by atoms with E-state index in [1.54, 1.807) is 6.34 Å². The van der Waals surface area contributed by atoms with Crippen molar-refractivity contribution in [2.24, 2.45) is 4.99 Å². The number of aliphatic imine (C=N–C) groups is 1. The lowest BCUT2D eigenvalue weighted by Gasteiger charge is -1.75. The van der Waals surface area contributed by atoms with Crippen LogP contribution in [0.25, 0.3) is 0 Å². The van der Waals surface area contributed by atoms with Gasteiger partial charge in [0, 0.05) is 6.54 Å². The summed E-state index contributed by atoms with van der Waals surface area (Å²) in [7, 11) is -4.67. The van der Waals surface area contributed by atoms with Crippen molar-refractivity contribution in [1.82, 2.24) is 5.32 Å². The molecular weight excluding hydrogens is 160 g/mol. The number of hydrogen-bond donors (Lipinski definition) is 3. The SMILES string of the molecule is C1=NCCN1.O=S(=O)(O)O. The van der Waals surface area contributed by atoms with Crippen molar-refractivity contribution in [1.29, 1.82) is 0 Å². The van der Waals surface area contributed by atoms with Crippen LogP contribution in [0.3, 0.4) is 0 Å². The first-order valence-electron chi connectivity index (χ1n) is 2.42. The standard InChI is InChI=1S/C3H6N2.H2O4S/c1-2-5-3-4-1;1-5(2,3)4/h3H,1-2H2,(H,4,5);(H2,1,2,3,4). The molecule has 0 aromatic heterocycles. The molecule has 0 aromatic carbocycles. The van der Waals surface area contributed by atoms with Crippen LogP contribution in [0.2, 0.25) is 0 Å². The Labute approximate surface area is 58.5 Å². The van der Waals surface area contributed by atoms with E-state index in [1.807, 2.05) is 0 Å². The fourth-order valence-electron chi connectivity index (χ4n) is 0.323. The average Bonchev–Trinajstić information content (AvgIpc) is 2.07. The van der Waals surface area contributed by atoms with Crippen molar-refractivity contribution in [3.05, 3.63) is 0 Å². The smallest absolute Gasteiger partial charge is 0.375 e. The van der Waals surface area contributed by atoms with Gasteiger partial charge in [-0.05, 0) is 0 Å².